The molecule has 0 amide bonds. The number of hydrogen-bond donors (Lipinski definition) is 0. The van der Waals surface area contributed by atoms with E-state index in [1.54, 1.807) is 0 Å². The second-order valence-corrected chi connectivity index (χ2v) is 11.4. The molecule has 4 nitrogen and oxygen atoms in total. The van der Waals surface area contributed by atoms with Crippen molar-refractivity contribution in [3.63, 3.8) is 0 Å². The maximum atomic E-state index is 5.38. The first kappa shape index (κ1) is 26.2. The highest BCUT2D eigenvalue weighted by Crippen LogP contribution is 2.43. The van der Waals surface area contributed by atoms with E-state index in [1.807, 2.05) is 60.8 Å². The van der Waals surface area contributed by atoms with E-state index in [1.165, 1.54) is 0 Å². The highest BCUT2D eigenvalue weighted by atomic mass is 14.9. The van der Waals surface area contributed by atoms with Gasteiger partial charge in [0.1, 0.15) is 0 Å². The molecule has 0 aliphatic rings. The van der Waals surface area contributed by atoms with Crippen LogP contribution in [0.2, 0.25) is 0 Å². The van der Waals surface area contributed by atoms with Gasteiger partial charge in [-0.3, -0.25) is 0 Å². The van der Waals surface area contributed by atoms with E-state index >= 15 is 0 Å². The second-order valence-electron chi connectivity index (χ2n) is 11.4. The highest BCUT2D eigenvalue weighted by Gasteiger charge is 2.19. The zero-order chi connectivity index (χ0) is 30.5. The van der Waals surface area contributed by atoms with Gasteiger partial charge in [-0.1, -0.05) is 133 Å². The lowest BCUT2D eigenvalue weighted by atomic mass is 9.88. The molecule has 6 aromatic carbocycles. The normalized spacial score (nSPS) is 11.5. The van der Waals surface area contributed by atoms with Crippen molar-refractivity contribution in [2.75, 3.05) is 0 Å². The molecule has 0 fully saturated rings. The molecule has 46 heavy (non-hydrogen) atoms. The van der Waals surface area contributed by atoms with Crippen molar-refractivity contribution in [1.29, 1.82) is 0 Å². The smallest absolute Gasteiger partial charge is 0.159 e. The van der Waals surface area contributed by atoms with Gasteiger partial charge in [-0.2, -0.15) is 0 Å². The zero-order valence-electron chi connectivity index (χ0n) is 24.8. The van der Waals surface area contributed by atoms with E-state index in [0.29, 0.717) is 5.82 Å². The molecular formula is C42H26N4. The van der Waals surface area contributed by atoms with E-state index in [9.17, 15) is 0 Å². The quantitative estimate of drug-likeness (QED) is 0.152. The van der Waals surface area contributed by atoms with Crippen LogP contribution in [0.5, 0.6) is 0 Å². The standard InChI is InChI=1S/C42H26N4/c1-3-11-27(12-4-1)35-23-21-28-19-20-29-22-24-36(45-41(29)40(28)44-35)38-31-15-7-9-17-33(31)39(34-18-10-8-16-32(34)38)37-25-26-43-42(46-37)30-13-5-2-6-14-30/h1-26H. The Balaban J connectivity index is 1.31. The molecule has 0 aliphatic carbocycles. The van der Waals surface area contributed by atoms with Crippen molar-refractivity contribution in [3.05, 3.63) is 158 Å². The monoisotopic (exact) mass is 586 g/mol. The second kappa shape index (κ2) is 10.7. The number of rotatable bonds is 4. The van der Waals surface area contributed by atoms with Gasteiger partial charge in [0.25, 0.3) is 0 Å². The van der Waals surface area contributed by atoms with Gasteiger partial charge >= 0.3 is 0 Å². The van der Waals surface area contributed by atoms with Crippen LogP contribution in [0, 0.1) is 0 Å². The number of nitrogens with zero attached hydrogens (tertiary/aromatic N) is 4. The summed E-state index contributed by atoms with van der Waals surface area (Å²) in [6.07, 6.45) is 1.86. The Hall–Kier alpha value is -6.26. The summed E-state index contributed by atoms with van der Waals surface area (Å²) in [5.41, 5.74) is 8.82. The minimum atomic E-state index is 0.709. The molecule has 3 aromatic heterocycles. The molecule has 0 radical (unpaired) electrons. The summed E-state index contributed by atoms with van der Waals surface area (Å²) in [6, 6.07) is 52.4. The fraction of sp³-hybridized carbons (Fsp3) is 0. The molecule has 9 rings (SSSR count). The Labute approximate surface area is 265 Å². The van der Waals surface area contributed by atoms with Gasteiger partial charge in [-0.05, 0) is 39.7 Å². The lowest BCUT2D eigenvalue weighted by molar-refractivity contribution is 1.18. The predicted molar refractivity (Wildman–Crippen MR) is 189 cm³/mol. The van der Waals surface area contributed by atoms with Gasteiger partial charge in [-0.25, -0.2) is 19.9 Å². The summed E-state index contributed by atoms with van der Waals surface area (Å²) in [4.78, 5) is 20.2. The van der Waals surface area contributed by atoms with Crippen LogP contribution in [-0.4, -0.2) is 19.9 Å². The Morgan fingerprint density at radius 2 is 0.761 bits per heavy atom. The number of benzene rings is 6. The van der Waals surface area contributed by atoms with Crippen LogP contribution < -0.4 is 0 Å². The molecule has 0 saturated heterocycles. The lowest BCUT2D eigenvalue weighted by Gasteiger charge is -2.17. The van der Waals surface area contributed by atoms with Crippen molar-refractivity contribution < 1.29 is 0 Å². The number of hydrogen-bond acceptors (Lipinski definition) is 4. The summed E-state index contributed by atoms with van der Waals surface area (Å²) in [5.74, 6) is 0.709. The third kappa shape index (κ3) is 4.31. The average Bonchev–Trinajstić information content (AvgIpc) is 3.14. The largest absolute Gasteiger partial charge is 0.245 e. The van der Waals surface area contributed by atoms with E-state index in [0.717, 1.165) is 82.7 Å². The van der Waals surface area contributed by atoms with Crippen LogP contribution in [0.3, 0.4) is 0 Å². The Morgan fingerprint density at radius 3 is 1.33 bits per heavy atom. The van der Waals surface area contributed by atoms with Gasteiger partial charge in [0.15, 0.2) is 5.82 Å². The Bertz CT molecular complexity index is 2520. The minimum absolute atomic E-state index is 0.709. The van der Waals surface area contributed by atoms with Gasteiger partial charge in [0, 0.05) is 39.2 Å². The van der Waals surface area contributed by atoms with Crippen molar-refractivity contribution >= 4 is 43.4 Å². The molecule has 4 heteroatoms. The van der Waals surface area contributed by atoms with Crippen LogP contribution in [0.15, 0.2) is 158 Å². The van der Waals surface area contributed by atoms with E-state index < -0.39 is 0 Å². The summed E-state index contributed by atoms with van der Waals surface area (Å²) in [5, 5.41) is 6.63. The molecular weight excluding hydrogens is 560 g/mol. The van der Waals surface area contributed by atoms with Crippen LogP contribution in [-0.2, 0) is 0 Å². The molecule has 9 aromatic rings. The number of aromatic nitrogens is 4. The molecule has 0 bridgehead atoms. The summed E-state index contributed by atoms with van der Waals surface area (Å²) < 4.78 is 0. The maximum Gasteiger partial charge on any atom is 0.159 e. The molecule has 0 N–H and O–H groups in total. The SMILES string of the molecule is c1ccc(-c2ccc3ccc4ccc(-c5c6ccccc6c(-c6ccnc(-c7ccccc7)n6)c6ccccc56)nc4c3n2)cc1. The fourth-order valence-corrected chi connectivity index (χ4v) is 6.58. The fourth-order valence-electron chi connectivity index (χ4n) is 6.58. The first-order valence-electron chi connectivity index (χ1n) is 15.4. The summed E-state index contributed by atoms with van der Waals surface area (Å²) in [7, 11) is 0. The predicted octanol–water partition coefficient (Wildman–Crippen LogP) is 10.5. The minimum Gasteiger partial charge on any atom is -0.245 e. The van der Waals surface area contributed by atoms with Crippen molar-refractivity contribution in [2.45, 2.75) is 0 Å². The van der Waals surface area contributed by atoms with Crippen molar-refractivity contribution in [2.24, 2.45) is 0 Å². The van der Waals surface area contributed by atoms with Gasteiger partial charge < -0.3 is 0 Å². The topological polar surface area (TPSA) is 51.6 Å². The Morgan fingerprint density at radius 1 is 0.326 bits per heavy atom. The lowest BCUT2D eigenvalue weighted by Crippen LogP contribution is -1.96. The van der Waals surface area contributed by atoms with Crippen LogP contribution in [0.1, 0.15) is 0 Å². The van der Waals surface area contributed by atoms with Crippen molar-refractivity contribution in [3.8, 4) is 45.2 Å². The van der Waals surface area contributed by atoms with Crippen LogP contribution in [0.4, 0.5) is 0 Å². The van der Waals surface area contributed by atoms with Gasteiger partial charge in [0.2, 0.25) is 0 Å². The summed E-state index contributed by atoms with van der Waals surface area (Å²) in [6.45, 7) is 0. The molecule has 0 saturated carbocycles. The molecule has 214 valence electrons. The first-order valence-corrected chi connectivity index (χ1v) is 15.4. The number of fused-ring (bicyclic) bond motifs is 5. The molecule has 0 spiro atoms. The Kier molecular flexibility index (Phi) is 6.10. The molecule has 3 heterocycles. The average molecular weight is 587 g/mol. The first-order chi connectivity index (χ1) is 22.8. The van der Waals surface area contributed by atoms with Crippen molar-refractivity contribution in [1.82, 2.24) is 19.9 Å². The van der Waals surface area contributed by atoms with Gasteiger partial charge in [0.05, 0.1) is 28.1 Å². The third-order valence-electron chi connectivity index (χ3n) is 8.72. The summed E-state index contributed by atoms with van der Waals surface area (Å²) >= 11 is 0. The van der Waals surface area contributed by atoms with Gasteiger partial charge in [-0.15, -0.1) is 0 Å². The number of pyridine rings is 2. The van der Waals surface area contributed by atoms with E-state index in [2.05, 4.69) is 102 Å². The van der Waals surface area contributed by atoms with E-state index in [-0.39, 0.29) is 0 Å². The molecule has 0 aliphatic heterocycles. The molecule has 0 atom stereocenters. The van der Waals surface area contributed by atoms with Crippen LogP contribution in [0.25, 0.3) is 88.5 Å². The van der Waals surface area contributed by atoms with E-state index in [4.69, 9.17) is 15.0 Å². The highest BCUT2D eigenvalue weighted by molar-refractivity contribution is 6.21. The zero-order valence-corrected chi connectivity index (χ0v) is 24.8. The molecule has 0 unspecified atom stereocenters. The maximum absolute atomic E-state index is 5.38. The van der Waals surface area contributed by atoms with Crippen LogP contribution >= 0.6 is 0 Å². The third-order valence-corrected chi connectivity index (χ3v) is 8.72.